The zero-order valence-electron chi connectivity index (χ0n) is 16.3. The smallest absolute Gasteiger partial charge is 0.262 e. The third kappa shape index (κ3) is 4.36. The van der Waals surface area contributed by atoms with Crippen LogP contribution in [0.25, 0.3) is 10.9 Å². The Bertz CT molecular complexity index is 1060. The molecule has 150 valence electrons. The van der Waals surface area contributed by atoms with Gasteiger partial charge in [-0.25, -0.2) is 4.98 Å². The molecule has 2 aromatic carbocycles. The second-order valence-electron chi connectivity index (χ2n) is 6.99. The van der Waals surface area contributed by atoms with E-state index in [1.165, 1.54) is 11.8 Å². The largest absolute Gasteiger partial charge is 0.378 e. The predicted molar refractivity (Wildman–Crippen MR) is 114 cm³/mol. The quantitative estimate of drug-likeness (QED) is 0.479. The molecule has 1 aliphatic heterocycles. The summed E-state index contributed by atoms with van der Waals surface area (Å²) in [4.78, 5) is 32.6. The van der Waals surface area contributed by atoms with Crippen LogP contribution in [0.3, 0.4) is 0 Å². The van der Waals surface area contributed by atoms with Crippen molar-refractivity contribution in [3.8, 4) is 0 Å². The van der Waals surface area contributed by atoms with Crippen LogP contribution in [-0.2, 0) is 16.1 Å². The third-order valence-electron chi connectivity index (χ3n) is 4.96. The highest BCUT2D eigenvalue weighted by Crippen LogP contribution is 2.25. The Morgan fingerprint density at radius 2 is 1.79 bits per heavy atom. The normalized spacial score (nSPS) is 15.4. The second kappa shape index (κ2) is 8.80. The summed E-state index contributed by atoms with van der Waals surface area (Å²) in [5, 5.41) is 0.801. The highest BCUT2D eigenvalue weighted by Gasteiger charge is 2.25. The number of rotatable bonds is 5. The Kier molecular flexibility index (Phi) is 5.97. The molecule has 6 nitrogen and oxygen atoms in total. The van der Waals surface area contributed by atoms with Crippen molar-refractivity contribution in [3.63, 3.8) is 0 Å². The number of thioether (sulfide) groups is 1. The number of fused-ring (bicyclic) bond motifs is 1. The lowest BCUT2D eigenvalue weighted by atomic mass is 10.2. The Morgan fingerprint density at radius 1 is 1.10 bits per heavy atom. The van der Waals surface area contributed by atoms with Gasteiger partial charge in [0.15, 0.2) is 5.16 Å². The van der Waals surface area contributed by atoms with Gasteiger partial charge in [-0.1, -0.05) is 54.2 Å². The van der Waals surface area contributed by atoms with E-state index in [1.807, 2.05) is 60.4 Å². The van der Waals surface area contributed by atoms with Gasteiger partial charge in [0.2, 0.25) is 5.91 Å². The maximum absolute atomic E-state index is 13.2. The van der Waals surface area contributed by atoms with Crippen LogP contribution in [0, 0.1) is 0 Å². The summed E-state index contributed by atoms with van der Waals surface area (Å²) in [6.07, 6.45) is 0. The maximum atomic E-state index is 13.2. The summed E-state index contributed by atoms with van der Waals surface area (Å²) in [5.74, 6) is 0.0481. The first kappa shape index (κ1) is 19.7. The van der Waals surface area contributed by atoms with Crippen LogP contribution >= 0.6 is 11.8 Å². The zero-order valence-corrected chi connectivity index (χ0v) is 17.1. The average molecular weight is 410 g/mol. The van der Waals surface area contributed by atoms with E-state index < -0.39 is 0 Å². The molecule has 3 aromatic rings. The molecule has 1 atom stereocenters. The molecule has 0 aliphatic carbocycles. The number of carbonyl (C=O) groups is 1. The van der Waals surface area contributed by atoms with Crippen molar-refractivity contribution in [2.24, 2.45) is 0 Å². The van der Waals surface area contributed by atoms with E-state index >= 15 is 0 Å². The van der Waals surface area contributed by atoms with Gasteiger partial charge >= 0.3 is 0 Å². The summed E-state index contributed by atoms with van der Waals surface area (Å²) in [6, 6.07) is 17.2. The molecule has 0 radical (unpaired) electrons. The molecule has 1 aliphatic rings. The van der Waals surface area contributed by atoms with Gasteiger partial charge in [-0.3, -0.25) is 14.2 Å². The summed E-state index contributed by atoms with van der Waals surface area (Å²) in [5.41, 5.74) is 1.57. The Hall–Kier alpha value is -2.64. The van der Waals surface area contributed by atoms with E-state index in [0.717, 1.165) is 5.56 Å². The number of benzene rings is 2. The average Bonchev–Trinajstić information content (AvgIpc) is 2.77. The molecule has 0 bridgehead atoms. The molecule has 1 fully saturated rings. The summed E-state index contributed by atoms with van der Waals surface area (Å²) < 4.78 is 7.01. The summed E-state index contributed by atoms with van der Waals surface area (Å²) in [7, 11) is 0. The molecule has 1 aromatic heterocycles. The first-order valence-electron chi connectivity index (χ1n) is 9.70. The van der Waals surface area contributed by atoms with Crippen LogP contribution in [-0.4, -0.2) is 51.9 Å². The lowest BCUT2D eigenvalue weighted by Crippen LogP contribution is -2.44. The molecule has 0 N–H and O–H groups in total. The Balaban J connectivity index is 1.68. The van der Waals surface area contributed by atoms with Crippen LogP contribution in [0.15, 0.2) is 64.5 Å². The van der Waals surface area contributed by atoms with Gasteiger partial charge in [-0.2, -0.15) is 0 Å². The molecule has 0 saturated carbocycles. The molecule has 29 heavy (non-hydrogen) atoms. The number of aromatic nitrogens is 2. The van der Waals surface area contributed by atoms with Gasteiger partial charge in [-0.05, 0) is 24.6 Å². The van der Waals surface area contributed by atoms with Crippen molar-refractivity contribution in [3.05, 3.63) is 70.5 Å². The number of ether oxygens (including phenoxy) is 1. The lowest BCUT2D eigenvalue weighted by molar-refractivity contribution is -0.134. The standard InChI is InChI=1S/C22H23N3O3S/c1-16(20(26)24-11-13-28-14-12-24)29-22-23-19-10-6-5-9-18(19)21(27)25(22)15-17-7-3-2-4-8-17/h2-10,16H,11-15H2,1H3/t16-/m0/s1. The lowest BCUT2D eigenvalue weighted by Gasteiger charge is -2.29. The number of morpholine rings is 1. The third-order valence-corrected chi connectivity index (χ3v) is 6.04. The van der Waals surface area contributed by atoms with Crippen molar-refractivity contribution >= 4 is 28.6 Å². The van der Waals surface area contributed by atoms with Crippen molar-refractivity contribution in [1.82, 2.24) is 14.5 Å². The first-order chi connectivity index (χ1) is 14.1. The van der Waals surface area contributed by atoms with Gasteiger partial charge in [0.05, 0.1) is 35.9 Å². The molecule has 1 amide bonds. The van der Waals surface area contributed by atoms with Gasteiger partial charge in [0, 0.05) is 13.1 Å². The van der Waals surface area contributed by atoms with E-state index in [1.54, 1.807) is 10.6 Å². The van der Waals surface area contributed by atoms with E-state index in [0.29, 0.717) is 48.9 Å². The second-order valence-corrected chi connectivity index (χ2v) is 8.29. The van der Waals surface area contributed by atoms with Gasteiger partial charge in [0.25, 0.3) is 5.56 Å². The van der Waals surface area contributed by atoms with Gasteiger partial charge in [0.1, 0.15) is 0 Å². The van der Waals surface area contributed by atoms with E-state index in [9.17, 15) is 9.59 Å². The Morgan fingerprint density at radius 3 is 2.55 bits per heavy atom. The monoisotopic (exact) mass is 409 g/mol. The number of hydrogen-bond acceptors (Lipinski definition) is 5. The van der Waals surface area contributed by atoms with Gasteiger partial charge < -0.3 is 9.64 Å². The minimum absolute atomic E-state index is 0.0481. The number of hydrogen-bond donors (Lipinski definition) is 0. The maximum Gasteiger partial charge on any atom is 0.262 e. The number of nitrogens with zero attached hydrogens (tertiary/aromatic N) is 3. The summed E-state index contributed by atoms with van der Waals surface area (Å²) in [6.45, 7) is 4.62. The number of carbonyl (C=O) groups excluding carboxylic acids is 1. The fourth-order valence-electron chi connectivity index (χ4n) is 3.39. The molecule has 0 spiro atoms. The molecule has 7 heteroatoms. The highest BCUT2D eigenvalue weighted by atomic mass is 32.2. The van der Waals surface area contributed by atoms with Crippen LogP contribution in [0.5, 0.6) is 0 Å². The molecule has 2 heterocycles. The van der Waals surface area contributed by atoms with E-state index in [4.69, 9.17) is 9.72 Å². The number of amides is 1. The fraction of sp³-hybridized carbons (Fsp3) is 0.318. The highest BCUT2D eigenvalue weighted by molar-refractivity contribution is 8.00. The molecule has 0 unspecified atom stereocenters. The minimum atomic E-state index is -0.344. The molecule has 1 saturated heterocycles. The fourth-order valence-corrected chi connectivity index (χ4v) is 4.38. The molecular formula is C22H23N3O3S. The first-order valence-corrected chi connectivity index (χ1v) is 10.6. The minimum Gasteiger partial charge on any atom is -0.378 e. The van der Waals surface area contributed by atoms with Crippen LogP contribution in [0.4, 0.5) is 0 Å². The van der Waals surface area contributed by atoms with Crippen molar-refractivity contribution < 1.29 is 9.53 Å². The van der Waals surface area contributed by atoms with Crippen LogP contribution < -0.4 is 5.56 Å². The van der Waals surface area contributed by atoms with Crippen LogP contribution in [0.1, 0.15) is 12.5 Å². The van der Waals surface area contributed by atoms with Gasteiger partial charge in [-0.15, -0.1) is 0 Å². The Labute approximate surface area is 173 Å². The number of para-hydroxylation sites is 1. The predicted octanol–water partition coefficient (Wildman–Crippen LogP) is 2.78. The molecular weight excluding hydrogens is 386 g/mol. The van der Waals surface area contributed by atoms with Crippen molar-refractivity contribution in [1.29, 1.82) is 0 Å². The van der Waals surface area contributed by atoms with E-state index in [-0.39, 0.29) is 16.7 Å². The molecule has 4 rings (SSSR count). The van der Waals surface area contributed by atoms with E-state index in [2.05, 4.69) is 0 Å². The topological polar surface area (TPSA) is 64.4 Å². The zero-order chi connectivity index (χ0) is 20.2. The SMILES string of the molecule is C[C@H](Sc1nc2ccccc2c(=O)n1Cc1ccccc1)C(=O)N1CCOCC1. The van der Waals surface area contributed by atoms with Crippen molar-refractivity contribution in [2.45, 2.75) is 23.9 Å². The van der Waals surface area contributed by atoms with Crippen molar-refractivity contribution in [2.75, 3.05) is 26.3 Å². The van der Waals surface area contributed by atoms with Crippen LogP contribution in [0.2, 0.25) is 0 Å². The summed E-state index contributed by atoms with van der Waals surface area (Å²) >= 11 is 1.34.